The van der Waals surface area contributed by atoms with Crippen LogP contribution in [-0.4, -0.2) is 31.0 Å². The lowest BCUT2D eigenvalue weighted by atomic mass is 10.2. The third-order valence-corrected chi connectivity index (χ3v) is 3.22. The van der Waals surface area contributed by atoms with Crippen molar-refractivity contribution in [2.45, 2.75) is 13.8 Å². The van der Waals surface area contributed by atoms with Gasteiger partial charge in [-0.05, 0) is 32.0 Å². The van der Waals surface area contributed by atoms with Crippen LogP contribution in [0.1, 0.15) is 24.2 Å². The molecule has 2 aromatic rings. The van der Waals surface area contributed by atoms with Crippen LogP contribution in [0.4, 0.5) is 11.7 Å². The standard InChI is InChI=1S/C15H19N3O2/c1-4-18(5-2)15-12(9-11-20-15)14(19)17(3)13-8-6-7-10-16-13/h6-11H,4-5H2,1-3H3. The predicted molar refractivity (Wildman–Crippen MR) is 79.2 cm³/mol. The van der Waals surface area contributed by atoms with Crippen molar-refractivity contribution < 1.29 is 9.21 Å². The van der Waals surface area contributed by atoms with Gasteiger partial charge in [0.15, 0.2) is 0 Å². The maximum atomic E-state index is 12.6. The fraction of sp³-hybridized carbons (Fsp3) is 0.333. The van der Waals surface area contributed by atoms with E-state index in [1.54, 1.807) is 31.6 Å². The summed E-state index contributed by atoms with van der Waals surface area (Å²) >= 11 is 0. The second-order valence-corrected chi connectivity index (χ2v) is 4.36. The molecule has 0 aliphatic rings. The zero-order valence-corrected chi connectivity index (χ0v) is 12.0. The van der Waals surface area contributed by atoms with Crippen LogP contribution in [0.3, 0.4) is 0 Å². The summed E-state index contributed by atoms with van der Waals surface area (Å²) in [5, 5.41) is 0. The van der Waals surface area contributed by atoms with Crippen LogP contribution in [0.15, 0.2) is 41.1 Å². The molecule has 5 nitrogen and oxygen atoms in total. The van der Waals surface area contributed by atoms with E-state index in [4.69, 9.17) is 4.42 Å². The van der Waals surface area contributed by atoms with E-state index in [0.29, 0.717) is 17.3 Å². The molecule has 0 radical (unpaired) electrons. The summed E-state index contributed by atoms with van der Waals surface area (Å²) in [4.78, 5) is 20.3. The van der Waals surface area contributed by atoms with Gasteiger partial charge in [0, 0.05) is 26.3 Å². The molecule has 2 heterocycles. The number of aromatic nitrogens is 1. The number of amides is 1. The van der Waals surface area contributed by atoms with E-state index in [0.717, 1.165) is 13.1 Å². The molecule has 0 saturated heterocycles. The first-order valence-electron chi connectivity index (χ1n) is 6.70. The number of hydrogen-bond donors (Lipinski definition) is 0. The highest BCUT2D eigenvalue weighted by molar-refractivity contribution is 6.08. The highest BCUT2D eigenvalue weighted by Gasteiger charge is 2.22. The lowest BCUT2D eigenvalue weighted by Gasteiger charge is -2.21. The Balaban J connectivity index is 2.28. The van der Waals surface area contributed by atoms with Crippen molar-refractivity contribution in [3.8, 4) is 0 Å². The first-order chi connectivity index (χ1) is 9.69. The molecule has 0 fully saturated rings. The van der Waals surface area contributed by atoms with E-state index in [-0.39, 0.29) is 5.91 Å². The maximum Gasteiger partial charge on any atom is 0.264 e. The van der Waals surface area contributed by atoms with Crippen LogP contribution in [-0.2, 0) is 0 Å². The van der Waals surface area contributed by atoms with Crippen molar-refractivity contribution in [2.75, 3.05) is 29.9 Å². The zero-order valence-electron chi connectivity index (χ0n) is 12.0. The van der Waals surface area contributed by atoms with Gasteiger partial charge in [-0.15, -0.1) is 0 Å². The Labute approximate surface area is 118 Å². The Hall–Kier alpha value is -2.30. The molecule has 0 aromatic carbocycles. The lowest BCUT2D eigenvalue weighted by Crippen LogP contribution is -2.30. The van der Waals surface area contributed by atoms with E-state index in [1.165, 1.54) is 4.90 Å². The fourth-order valence-electron chi connectivity index (χ4n) is 2.06. The molecule has 0 unspecified atom stereocenters. The summed E-state index contributed by atoms with van der Waals surface area (Å²) in [5.41, 5.74) is 0.557. The lowest BCUT2D eigenvalue weighted by molar-refractivity contribution is 0.0992. The quantitative estimate of drug-likeness (QED) is 0.840. The van der Waals surface area contributed by atoms with Gasteiger partial charge in [0.2, 0.25) is 5.88 Å². The van der Waals surface area contributed by atoms with E-state index in [1.807, 2.05) is 30.9 Å². The van der Waals surface area contributed by atoms with Crippen LogP contribution in [0.25, 0.3) is 0 Å². The second-order valence-electron chi connectivity index (χ2n) is 4.36. The minimum atomic E-state index is -0.126. The SMILES string of the molecule is CCN(CC)c1occc1C(=O)N(C)c1ccccn1. The number of carbonyl (C=O) groups is 1. The van der Waals surface area contributed by atoms with E-state index in [9.17, 15) is 4.79 Å². The fourth-order valence-corrected chi connectivity index (χ4v) is 2.06. The van der Waals surface area contributed by atoms with Crippen LogP contribution < -0.4 is 9.80 Å². The van der Waals surface area contributed by atoms with Crippen molar-refractivity contribution in [1.82, 2.24) is 4.98 Å². The van der Waals surface area contributed by atoms with Crippen molar-refractivity contribution in [2.24, 2.45) is 0 Å². The number of hydrogen-bond acceptors (Lipinski definition) is 4. The molecule has 5 heteroatoms. The molecule has 20 heavy (non-hydrogen) atoms. The number of furan rings is 1. The number of pyridine rings is 1. The van der Waals surface area contributed by atoms with Gasteiger partial charge in [-0.1, -0.05) is 6.07 Å². The monoisotopic (exact) mass is 273 g/mol. The van der Waals surface area contributed by atoms with Crippen molar-refractivity contribution in [3.63, 3.8) is 0 Å². The van der Waals surface area contributed by atoms with E-state index in [2.05, 4.69) is 4.98 Å². The number of rotatable bonds is 5. The first-order valence-corrected chi connectivity index (χ1v) is 6.70. The molecule has 0 spiro atoms. The summed E-state index contributed by atoms with van der Waals surface area (Å²) in [6.07, 6.45) is 3.22. The van der Waals surface area contributed by atoms with E-state index < -0.39 is 0 Å². The summed E-state index contributed by atoms with van der Waals surface area (Å²) in [6, 6.07) is 7.18. The van der Waals surface area contributed by atoms with Crippen molar-refractivity contribution >= 4 is 17.6 Å². The smallest absolute Gasteiger partial charge is 0.264 e. The normalized spacial score (nSPS) is 10.3. The molecule has 0 saturated carbocycles. The first kappa shape index (κ1) is 14.1. The number of carbonyl (C=O) groups excluding carboxylic acids is 1. The van der Waals surface area contributed by atoms with Crippen LogP contribution in [0, 0.1) is 0 Å². The van der Waals surface area contributed by atoms with Gasteiger partial charge in [-0.25, -0.2) is 4.98 Å². The molecule has 0 bridgehead atoms. The average Bonchev–Trinajstić information content (AvgIpc) is 2.97. The van der Waals surface area contributed by atoms with Crippen LogP contribution in [0.2, 0.25) is 0 Å². The Morgan fingerprint density at radius 2 is 2.00 bits per heavy atom. The summed E-state index contributed by atoms with van der Waals surface area (Å²) in [5.74, 6) is 1.10. The summed E-state index contributed by atoms with van der Waals surface area (Å²) in [7, 11) is 1.71. The molecule has 2 rings (SSSR count). The predicted octanol–water partition coefficient (Wildman–Crippen LogP) is 2.80. The maximum absolute atomic E-state index is 12.6. The molecule has 2 aromatic heterocycles. The Morgan fingerprint density at radius 1 is 1.25 bits per heavy atom. The highest BCUT2D eigenvalue weighted by Crippen LogP contribution is 2.24. The minimum Gasteiger partial charge on any atom is -0.448 e. The van der Waals surface area contributed by atoms with Gasteiger partial charge in [0.1, 0.15) is 11.4 Å². The third kappa shape index (κ3) is 2.66. The third-order valence-electron chi connectivity index (χ3n) is 3.22. The van der Waals surface area contributed by atoms with Gasteiger partial charge in [-0.3, -0.25) is 9.69 Å². The molecule has 0 atom stereocenters. The Morgan fingerprint density at radius 3 is 2.60 bits per heavy atom. The second kappa shape index (κ2) is 6.23. The largest absolute Gasteiger partial charge is 0.448 e. The molecule has 0 aliphatic carbocycles. The molecule has 0 aliphatic heterocycles. The highest BCUT2D eigenvalue weighted by atomic mass is 16.3. The number of anilines is 2. The molecule has 1 amide bonds. The van der Waals surface area contributed by atoms with Crippen LogP contribution >= 0.6 is 0 Å². The van der Waals surface area contributed by atoms with Gasteiger partial charge in [-0.2, -0.15) is 0 Å². The Kier molecular flexibility index (Phi) is 4.40. The average molecular weight is 273 g/mol. The van der Waals surface area contributed by atoms with Gasteiger partial charge in [0.05, 0.1) is 6.26 Å². The Bertz CT molecular complexity index is 562. The van der Waals surface area contributed by atoms with E-state index >= 15 is 0 Å². The number of nitrogens with zero attached hydrogens (tertiary/aromatic N) is 3. The van der Waals surface area contributed by atoms with Crippen molar-refractivity contribution in [3.05, 3.63) is 42.3 Å². The summed E-state index contributed by atoms with van der Waals surface area (Å²) in [6.45, 7) is 5.64. The van der Waals surface area contributed by atoms with Crippen LogP contribution in [0.5, 0.6) is 0 Å². The zero-order chi connectivity index (χ0) is 14.5. The van der Waals surface area contributed by atoms with Crippen molar-refractivity contribution in [1.29, 1.82) is 0 Å². The minimum absolute atomic E-state index is 0.126. The van der Waals surface area contributed by atoms with Gasteiger partial charge >= 0.3 is 0 Å². The topological polar surface area (TPSA) is 49.6 Å². The summed E-state index contributed by atoms with van der Waals surface area (Å²) < 4.78 is 5.47. The van der Waals surface area contributed by atoms with Gasteiger partial charge in [0.25, 0.3) is 5.91 Å². The molecule has 0 N–H and O–H groups in total. The molecule has 106 valence electrons. The van der Waals surface area contributed by atoms with Gasteiger partial charge < -0.3 is 9.32 Å². The molecular weight excluding hydrogens is 254 g/mol. The molecular formula is C15H19N3O2.